The van der Waals surface area contributed by atoms with Crippen molar-refractivity contribution < 1.29 is 0 Å². The number of halogens is 2. The van der Waals surface area contributed by atoms with Gasteiger partial charge in [-0.3, -0.25) is 0 Å². The molecule has 0 aliphatic rings. The van der Waals surface area contributed by atoms with Gasteiger partial charge >= 0.3 is 0 Å². The molecule has 2 rings (SSSR count). The van der Waals surface area contributed by atoms with Crippen LogP contribution in [0.3, 0.4) is 0 Å². The van der Waals surface area contributed by atoms with Gasteiger partial charge in [0.25, 0.3) is 0 Å². The van der Waals surface area contributed by atoms with Gasteiger partial charge in [-0.05, 0) is 17.7 Å². The second-order valence-corrected chi connectivity index (χ2v) is 3.82. The first-order valence-electron chi connectivity index (χ1n) is 4.16. The van der Waals surface area contributed by atoms with E-state index in [-0.39, 0.29) is 0 Å². The second kappa shape index (κ2) is 4.03. The molecule has 2 nitrogen and oxygen atoms in total. The average Bonchev–Trinajstić information content (AvgIpc) is 2.51. The third kappa shape index (κ3) is 2.28. The van der Waals surface area contributed by atoms with Gasteiger partial charge in [0, 0.05) is 17.8 Å². The van der Waals surface area contributed by atoms with E-state index in [0.29, 0.717) is 5.15 Å². The molecule has 0 radical (unpaired) electrons. The van der Waals surface area contributed by atoms with Crippen LogP contribution >= 0.6 is 23.2 Å². The van der Waals surface area contributed by atoms with Crippen molar-refractivity contribution >= 4 is 23.2 Å². The first-order valence-corrected chi connectivity index (χ1v) is 4.91. The summed E-state index contributed by atoms with van der Waals surface area (Å²) < 4.78 is 1.91. The van der Waals surface area contributed by atoms with Gasteiger partial charge in [-0.1, -0.05) is 35.3 Å². The van der Waals surface area contributed by atoms with Crippen molar-refractivity contribution in [2.24, 2.45) is 0 Å². The van der Waals surface area contributed by atoms with Gasteiger partial charge in [0.05, 0.1) is 6.33 Å². The van der Waals surface area contributed by atoms with E-state index in [1.165, 1.54) is 0 Å². The summed E-state index contributed by atoms with van der Waals surface area (Å²) >= 11 is 11.6. The predicted octanol–water partition coefficient (Wildman–Crippen LogP) is 3.24. The lowest BCUT2D eigenvalue weighted by molar-refractivity contribution is 0.797. The van der Waals surface area contributed by atoms with Crippen LogP contribution in [0.25, 0.3) is 0 Å². The first-order chi connectivity index (χ1) is 6.74. The number of imidazole rings is 1. The number of hydrogen-bond donors (Lipinski definition) is 0. The largest absolute Gasteiger partial charge is 0.331 e. The Morgan fingerprint density at radius 2 is 2.14 bits per heavy atom. The van der Waals surface area contributed by atoms with Crippen LogP contribution in [0.2, 0.25) is 10.2 Å². The van der Waals surface area contributed by atoms with Gasteiger partial charge in [-0.25, -0.2) is 4.98 Å². The normalized spacial score (nSPS) is 10.4. The van der Waals surface area contributed by atoms with E-state index < -0.39 is 0 Å². The fraction of sp³-hybridized carbons (Fsp3) is 0.100. The molecule has 1 heterocycles. The molecule has 0 saturated heterocycles. The Kier molecular flexibility index (Phi) is 2.75. The lowest BCUT2D eigenvalue weighted by Crippen LogP contribution is -1.95. The van der Waals surface area contributed by atoms with E-state index in [0.717, 1.165) is 17.1 Å². The summed E-state index contributed by atoms with van der Waals surface area (Å²) in [5.74, 6) is 0. The lowest BCUT2D eigenvalue weighted by atomic mass is 10.2. The van der Waals surface area contributed by atoms with E-state index in [1.54, 1.807) is 12.5 Å². The summed E-state index contributed by atoms with van der Waals surface area (Å²) in [5, 5.41) is 1.25. The molecule has 14 heavy (non-hydrogen) atoms. The van der Waals surface area contributed by atoms with Crippen LogP contribution in [0.4, 0.5) is 0 Å². The molecule has 0 aliphatic carbocycles. The van der Waals surface area contributed by atoms with E-state index >= 15 is 0 Å². The topological polar surface area (TPSA) is 17.8 Å². The number of benzene rings is 1. The van der Waals surface area contributed by atoms with Gasteiger partial charge in [-0.2, -0.15) is 0 Å². The molecule has 0 amide bonds. The summed E-state index contributed by atoms with van der Waals surface area (Å²) in [6.07, 6.45) is 3.48. The lowest BCUT2D eigenvalue weighted by Gasteiger charge is -2.01. The Morgan fingerprint density at radius 1 is 1.29 bits per heavy atom. The van der Waals surface area contributed by atoms with E-state index in [4.69, 9.17) is 23.2 Å². The minimum absolute atomic E-state index is 0.507. The van der Waals surface area contributed by atoms with Crippen molar-refractivity contribution in [2.75, 3.05) is 0 Å². The minimum Gasteiger partial charge on any atom is -0.331 e. The van der Waals surface area contributed by atoms with Crippen molar-refractivity contribution in [1.29, 1.82) is 0 Å². The molecule has 0 unspecified atom stereocenters. The molecular formula is C10H8Cl2N2. The maximum atomic E-state index is 5.87. The van der Waals surface area contributed by atoms with Gasteiger partial charge in [-0.15, -0.1) is 0 Å². The highest BCUT2D eigenvalue weighted by atomic mass is 35.5. The fourth-order valence-electron chi connectivity index (χ4n) is 1.27. The maximum Gasteiger partial charge on any atom is 0.146 e. The molecular weight excluding hydrogens is 219 g/mol. The Balaban J connectivity index is 2.18. The van der Waals surface area contributed by atoms with Crippen LogP contribution in [0.5, 0.6) is 0 Å². The highest BCUT2D eigenvalue weighted by Gasteiger charge is 1.97. The van der Waals surface area contributed by atoms with E-state index in [9.17, 15) is 0 Å². The van der Waals surface area contributed by atoms with Crippen LogP contribution in [0.15, 0.2) is 36.8 Å². The maximum absolute atomic E-state index is 5.87. The van der Waals surface area contributed by atoms with E-state index in [1.807, 2.05) is 28.8 Å². The standard InChI is InChI=1S/C10H8Cl2N2/c11-9-3-1-2-8(4-9)5-14-6-10(12)13-7-14/h1-4,6-7H,5H2. The van der Waals surface area contributed by atoms with Crippen molar-refractivity contribution in [3.8, 4) is 0 Å². The Bertz CT molecular complexity index is 437. The zero-order valence-corrected chi connectivity index (χ0v) is 8.83. The van der Waals surface area contributed by atoms with Crippen LogP contribution in [0.1, 0.15) is 5.56 Å². The molecule has 1 aromatic heterocycles. The highest BCUT2D eigenvalue weighted by molar-refractivity contribution is 6.30. The van der Waals surface area contributed by atoms with E-state index in [2.05, 4.69) is 4.98 Å². The van der Waals surface area contributed by atoms with Crippen molar-refractivity contribution in [2.45, 2.75) is 6.54 Å². The average molecular weight is 227 g/mol. The molecule has 0 spiro atoms. The monoisotopic (exact) mass is 226 g/mol. The third-order valence-electron chi connectivity index (χ3n) is 1.86. The van der Waals surface area contributed by atoms with Crippen LogP contribution in [-0.4, -0.2) is 9.55 Å². The molecule has 0 atom stereocenters. The Labute approximate surface area is 92.1 Å². The highest BCUT2D eigenvalue weighted by Crippen LogP contribution is 2.12. The van der Waals surface area contributed by atoms with Gasteiger partial charge < -0.3 is 4.57 Å². The first kappa shape index (κ1) is 9.56. The number of nitrogens with zero attached hydrogens (tertiary/aromatic N) is 2. The molecule has 1 aromatic carbocycles. The number of hydrogen-bond acceptors (Lipinski definition) is 1. The molecule has 2 aromatic rings. The molecule has 0 N–H and O–H groups in total. The summed E-state index contributed by atoms with van der Waals surface area (Å²) in [4.78, 5) is 3.93. The van der Waals surface area contributed by atoms with Gasteiger partial charge in [0.2, 0.25) is 0 Å². The molecule has 0 fully saturated rings. The van der Waals surface area contributed by atoms with Crippen LogP contribution in [-0.2, 0) is 6.54 Å². The molecule has 0 bridgehead atoms. The predicted molar refractivity (Wildman–Crippen MR) is 57.8 cm³/mol. The summed E-state index contributed by atoms with van der Waals surface area (Å²) in [6, 6.07) is 7.72. The number of rotatable bonds is 2. The zero-order valence-electron chi connectivity index (χ0n) is 7.32. The summed E-state index contributed by atoms with van der Waals surface area (Å²) in [5.41, 5.74) is 1.13. The second-order valence-electron chi connectivity index (χ2n) is 3.00. The summed E-state index contributed by atoms with van der Waals surface area (Å²) in [7, 11) is 0. The fourth-order valence-corrected chi connectivity index (χ4v) is 1.65. The zero-order chi connectivity index (χ0) is 9.97. The SMILES string of the molecule is Clc1cccc(Cn2cnc(Cl)c2)c1. The molecule has 0 saturated carbocycles. The van der Waals surface area contributed by atoms with Crippen LogP contribution in [0, 0.1) is 0 Å². The molecule has 0 aliphatic heterocycles. The minimum atomic E-state index is 0.507. The summed E-state index contributed by atoms with van der Waals surface area (Å²) in [6.45, 7) is 0.736. The van der Waals surface area contributed by atoms with Crippen molar-refractivity contribution in [3.05, 3.63) is 52.5 Å². The van der Waals surface area contributed by atoms with Crippen molar-refractivity contribution in [3.63, 3.8) is 0 Å². The Hall–Kier alpha value is -0.990. The smallest absolute Gasteiger partial charge is 0.146 e. The number of aromatic nitrogens is 2. The molecule has 72 valence electrons. The quantitative estimate of drug-likeness (QED) is 0.769. The Morgan fingerprint density at radius 3 is 2.79 bits per heavy atom. The van der Waals surface area contributed by atoms with Gasteiger partial charge in [0.15, 0.2) is 0 Å². The molecule has 4 heteroatoms. The van der Waals surface area contributed by atoms with Crippen molar-refractivity contribution in [1.82, 2.24) is 9.55 Å². The van der Waals surface area contributed by atoms with Gasteiger partial charge in [0.1, 0.15) is 5.15 Å². The van der Waals surface area contributed by atoms with Crippen LogP contribution < -0.4 is 0 Å². The third-order valence-corrected chi connectivity index (χ3v) is 2.29.